The van der Waals surface area contributed by atoms with E-state index >= 15 is 0 Å². The fourth-order valence-corrected chi connectivity index (χ4v) is 2.20. The molecule has 0 unspecified atom stereocenters. The summed E-state index contributed by atoms with van der Waals surface area (Å²) in [5.41, 5.74) is 2.99. The first-order valence-corrected chi connectivity index (χ1v) is 7.69. The summed E-state index contributed by atoms with van der Waals surface area (Å²) < 4.78 is 0. The van der Waals surface area contributed by atoms with Gasteiger partial charge in [0.15, 0.2) is 11.6 Å². The molecule has 2 nitrogen and oxygen atoms in total. The Labute approximate surface area is 137 Å². The van der Waals surface area contributed by atoms with Gasteiger partial charge < -0.3 is 0 Å². The van der Waals surface area contributed by atoms with Crippen molar-refractivity contribution in [3.8, 4) is 11.1 Å². The number of hydrogen-bond donors (Lipinski definition) is 0. The van der Waals surface area contributed by atoms with E-state index in [9.17, 15) is 9.59 Å². The Balaban J connectivity index is 1.89. The minimum Gasteiger partial charge on any atom is -0.295 e. The van der Waals surface area contributed by atoms with Crippen molar-refractivity contribution in [1.29, 1.82) is 0 Å². The fraction of sp³-hybridized carbons (Fsp3) is 0.143. The van der Waals surface area contributed by atoms with Gasteiger partial charge in [0, 0.05) is 12.0 Å². The molecular formula is C21H20O2. The SMILES string of the molecule is CC(=O)/C=C/C=C/CCC(=O)c1ccc(-c2ccccc2)cc1. The number of hydrogen-bond acceptors (Lipinski definition) is 2. The van der Waals surface area contributed by atoms with Gasteiger partial charge in [0.2, 0.25) is 0 Å². The van der Waals surface area contributed by atoms with E-state index in [1.54, 1.807) is 12.2 Å². The molecule has 0 saturated carbocycles. The van der Waals surface area contributed by atoms with Crippen LogP contribution in [-0.4, -0.2) is 11.6 Å². The van der Waals surface area contributed by atoms with Crippen molar-refractivity contribution < 1.29 is 9.59 Å². The molecular weight excluding hydrogens is 284 g/mol. The van der Waals surface area contributed by atoms with Crippen molar-refractivity contribution in [1.82, 2.24) is 0 Å². The monoisotopic (exact) mass is 304 g/mol. The van der Waals surface area contributed by atoms with Gasteiger partial charge in [-0.25, -0.2) is 0 Å². The molecule has 2 rings (SSSR count). The second kappa shape index (κ2) is 8.64. The maximum Gasteiger partial charge on any atom is 0.163 e. The third kappa shape index (κ3) is 5.51. The van der Waals surface area contributed by atoms with Crippen molar-refractivity contribution >= 4 is 11.6 Å². The molecule has 0 radical (unpaired) electrons. The zero-order chi connectivity index (χ0) is 16.5. The van der Waals surface area contributed by atoms with Gasteiger partial charge in [-0.1, -0.05) is 72.8 Å². The van der Waals surface area contributed by atoms with Gasteiger partial charge >= 0.3 is 0 Å². The molecule has 0 aliphatic rings. The summed E-state index contributed by atoms with van der Waals surface area (Å²) >= 11 is 0. The van der Waals surface area contributed by atoms with Crippen LogP contribution in [0.4, 0.5) is 0 Å². The minimum absolute atomic E-state index is 0.0178. The Kier molecular flexibility index (Phi) is 6.25. The lowest BCUT2D eigenvalue weighted by Gasteiger charge is -2.03. The summed E-state index contributed by atoms with van der Waals surface area (Å²) in [5.74, 6) is 0.147. The van der Waals surface area contributed by atoms with Gasteiger partial charge in [0.25, 0.3) is 0 Å². The molecule has 23 heavy (non-hydrogen) atoms. The summed E-state index contributed by atoms with van der Waals surface area (Å²) in [6, 6.07) is 17.8. The van der Waals surface area contributed by atoms with E-state index in [1.807, 2.05) is 48.5 Å². The average molecular weight is 304 g/mol. The highest BCUT2D eigenvalue weighted by atomic mass is 16.1. The zero-order valence-corrected chi connectivity index (χ0v) is 13.2. The van der Waals surface area contributed by atoms with Crippen LogP contribution in [0.1, 0.15) is 30.1 Å². The smallest absolute Gasteiger partial charge is 0.163 e. The van der Waals surface area contributed by atoms with E-state index in [0.717, 1.165) is 16.7 Å². The second-order valence-electron chi connectivity index (χ2n) is 5.30. The highest BCUT2D eigenvalue weighted by molar-refractivity contribution is 5.96. The van der Waals surface area contributed by atoms with Crippen molar-refractivity contribution in [3.05, 3.63) is 84.5 Å². The van der Waals surface area contributed by atoms with Gasteiger partial charge in [-0.15, -0.1) is 0 Å². The van der Waals surface area contributed by atoms with E-state index in [2.05, 4.69) is 12.1 Å². The molecule has 0 atom stereocenters. The van der Waals surface area contributed by atoms with Crippen LogP contribution in [-0.2, 0) is 4.79 Å². The van der Waals surface area contributed by atoms with E-state index in [4.69, 9.17) is 0 Å². The predicted octanol–water partition coefficient (Wildman–Crippen LogP) is 5.02. The molecule has 0 heterocycles. The third-order valence-corrected chi connectivity index (χ3v) is 3.43. The van der Waals surface area contributed by atoms with Gasteiger partial charge in [0.1, 0.15) is 0 Å². The van der Waals surface area contributed by atoms with Crippen LogP contribution in [0.2, 0.25) is 0 Å². The van der Waals surface area contributed by atoms with Crippen molar-refractivity contribution in [2.45, 2.75) is 19.8 Å². The largest absolute Gasteiger partial charge is 0.295 e. The summed E-state index contributed by atoms with van der Waals surface area (Å²) in [5, 5.41) is 0. The quantitative estimate of drug-likeness (QED) is 0.409. The normalized spacial score (nSPS) is 11.2. The Hall–Kier alpha value is -2.74. The Morgan fingerprint density at radius 1 is 0.870 bits per heavy atom. The lowest BCUT2D eigenvalue weighted by molar-refractivity contribution is -0.112. The van der Waals surface area contributed by atoms with Crippen LogP contribution < -0.4 is 0 Å². The molecule has 0 bridgehead atoms. The molecule has 0 saturated heterocycles. The lowest BCUT2D eigenvalue weighted by Crippen LogP contribution is -1.97. The third-order valence-electron chi connectivity index (χ3n) is 3.43. The molecule has 0 N–H and O–H groups in total. The second-order valence-corrected chi connectivity index (χ2v) is 5.30. The fourth-order valence-electron chi connectivity index (χ4n) is 2.20. The summed E-state index contributed by atoms with van der Waals surface area (Å²) in [6.45, 7) is 1.51. The molecule has 0 aromatic heterocycles. The molecule has 0 amide bonds. The van der Waals surface area contributed by atoms with Crippen LogP contribution >= 0.6 is 0 Å². The topological polar surface area (TPSA) is 34.1 Å². The molecule has 2 aromatic carbocycles. The van der Waals surface area contributed by atoms with Crippen molar-refractivity contribution in [2.75, 3.05) is 0 Å². The van der Waals surface area contributed by atoms with E-state index in [1.165, 1.54) is 13.0 Å². The van der Waals surface area contributed by atoms with E-state index in [-0.39, 0.29) is 11.6 Å². The highest BCUT2D eigenvalue weighted by Crippen LogP contribution is 2.19. The van der Waals surface area contributed by atoms with Gasteiger partial charge in [-0.2, -0.15) is 0 Å². The van der Waals surface area contributed by atoms with E-state index < -0.39 is 0 Å². The van der Waals surface area contributed by atoms with Crippen LogP contribution in [0, 0.1) is 0 Å². The van der Waals surface area contributed by atoms with Crippen LogP contribution in [0.15, 0.2) is 78.9 Å². The Morgan fingerprint density at radius 2 is 1.52 bits per heavy atom. The number of allylic oxidation sites excluding steroid dienone is 4. The van der Waals surface area contributed by atoms with Gasteiger partial charge in [0.05, 0.1) is 0 Å². The maximum atomic E-state index is 12.1. The number of carbonyl (C=O) groups is 2. The van der Waals surface area contributed by atoms with Crippen LogP contribution in [0.3, 0.4) is 0 Å². The summed E-state index contributed by atoms with van der Waals surface area (Å²) in [4.78, 5) is 22.9. The molecule has 0 aliphatic carbocycles. The van der Waals surface area contributed by atoms with Crippen LogP contribution in [0.25, 0.3) is 11.1 Å². The molecule has 0 fully saturated rings. The lowest BCUT2D eigenvalue weighted by atomic mass is 10.0. The molecule has 116 valence electrons. The minimum atomic E-state index is 0.0178. The first-order chi connectivity index (χ1) is 11.2. The number of ketones is 2. The number of Topliss-reactive ketones (excluding diaryl/α,β-unsaturated/α-hetero) is 1. The molecule has 0 aliphatic heterocycles. The van der Waals surface area contributed by atoms with Crippen molar-refractivity contribution in [3.63, 3.8) is 0 Å². The van der Waals surface area contributed by atoms with Gasteiger partial charge in [-0.05, 0) is 30.5 Å². The first-order valence-electron chi connectivity index (χ1n) is 7.69. The zero-order valence-electron chi connectivity index (χ0n) is 13.2. The van der Waals surface area contributed by atoms with E-state index in [0.29, 0.717) is 12.8 Å². The standard InChI is InChI=1S/C21H20O2/c1-17(22)9-5-2-3-8-12-21(23)20-15-13-19(14-16-20)18-10-6-4-7-11-18/h2-7,9-11,13-16H,8,12H2,1H3/b3-2+,9-5+. The predicted molar refractivity (Wildman–Crippen MR) is 94.4 cm³/mol. The number of rotatable bonds is 7. The first kappa shape index (κ1) is 16.6. The van der Waals surface area contributed by atoms with Gasteiger partial charge in [-0.3, -0.25) is 9.59 Å². The highest BCUT2D eigenvalue weighted by Gasteiger charge is 2.05. The molecule has 0 spiro atoms. The number of benzene rings is 2. The summed E-state index contributed by atoms with van der Waals surface area (Å²) in [6.07, 6.45) is 8.03. The summed E-state index contributed by atoms with van der Waals surface area (Å²) in [7, 11) is 0. The average Bonchev–Trinajstić information content (AvgIpc) is 2.58. The molecule has 2 heteroatoms. The maximum absolute atomic E-state index is 12.1. The van der Waals surface area contributed by atoms with Crippen LogP contribution in [0.5, 0.6) is 0 Å². The Bertz CT molecular complexity index is 707. The van der Waals surface area contributed by atoms with Crippen molar-refractivity contribution in [2.24, 2.45) is 0 Å². The molecule has 2 aromatic rings. The number of carbonyl (C=O) groups excluding carboxylic acids is 2. The Morgan fingerprint density at radius 3 is 2.17 bits per heavy atom.